The van der Waals surface area contributed by atoms with Gasteiger partial charge < -0.3 is 15.4 Å². The molecule has 1 amide bonds. The van der Waals surface area contributed by atoms with E-state index >= 15 is 0 Å². The van der Waals surface area contributed by atoms with E-state index in [1.807, 2.05) is 35.2 Å². The monoisotopic (exact) mass is 305 g/mol. The average molecular weight is 305 g/mol. The molecule has 0 radical (unpaired) electrons. The van der Waals surface area contributed by atoms with Crippen molar-refractivity contribution in [1.82, 2.24) is 9.80 Å². The predicted molar refractivity (Wildman–Crippen MR) is 87.5 cm³/mol. The van der Waals surface area contributed by atoms with Gasteiger partial charge in [-0.05, 0) is 24.9 Å². The number of rotatable bonds is 6. The van der Waals surface area contributed by atoms with E-state index in [4.69, 9.17) is 10.5 Å². The molecule has 0 aromatic heterocycles. The Morgan fingerprint density at radius 1 is 1.41 bits per heavy atom. The summed E-state index contributed by atoms with van der Waals surface area (Å²) in [7, 11) is 0. The van der Waals surface area contributed by atoms with Crippen molar-refractivity contribution in [2.75, 3.05) is 32.7 Å². The zero-order valence-corrected chi connectivity index (χ0v) is 13.4. The zero-order valence-electron chi connectivity index (χ0n) is 13.4. The van der Waals surface area contributed by atoms with Crippen molar-refractivity contribution >= 4 is 6.09 Å². The molecule has 1 fully saturated rings. The molecule has 0 unspecified atom stereocenters. The molecule has 1 atom stereocenters. The highest BCUT2D eigenvalue weighted by molar-refractivity contribution is 5.67. The van der Waals surface area contributed by atoms with Crippen molar-refractivity contribution in [1.29, 1.82) is 0 Å². The van der Waals surface area contributed by atoms with Gasteiger partial charge >= 0.3 is 6.09 Å². The molecule has 1 saturated heterocycles. The number of amides is 1. The van der Waals surface area contributed by atoms with E-state index in [0.29, 0.717) is 19.2 Å². The van der Waals surface area contributed by atoms with Crippen LogP contribution in [-0.2, 0) is 11.3 Å². The number of ether oxygens (including phenoxy) is 1. The Morgan fingerprint density at radius 2 is 2.18 bits per heavy atom. The van der Waals surface area contributed by atoms with Gasteiger partial charge in [-0.2, -0.15) is 0 Å². The van der Waals surface area contributed by atoms with E-state index in [2.05, 4.69) is 11.8 Å². The number of carbonyl (C=O) groups excluding carboxylic acids is 1. The number of benzene rings is 1. The van der Waals surface area contributed by atoms with E-state index in [9.17, 15) is 4.79 Å². The molecule has 1 aliphatic rings. The molecule has 0 spiro atoms. The van der Waals surface area contributed by atoms with E-state index < -0.39 is 0 Å². The van der Waals surface area contributed by atoms with Gasteiger partial charge in [0.25, 0.3) is 0 Å². The summed E-state index contributed by atoms with van der Waals surface area (Å²) in [5.41, 5.74) is 6.69. The summed E-state index contributed by atoms with van der Waals surface area (Å²) >= 11 is 0. The Bertz CT molecular complexity index is 452. The Morgan fingerprint density at radius 3 is 2.86 bits per heavy atom. The van der Waals surface area contributed by atoms with Crippen molar-refractivity contribution in [2.24, 2.45) is 5.73 Å². The lowest BCUT2D eigenvalue weighted by molar-refractivity contribution is 0.0627. The van der Waals surface area contributed by atoms with Crippen LogP contribution in [0, 0.1) is 0 Å². The number of likely N-dealkylation sites (tertiary alicyclic amines) is 1. The Balaban J connectivity index is 1.84. The van der Waals surface area contributed by atoms with Gasteiger partial charge in [0.05, 0.1) is 0 Å². The lowest BCUT2D eigenvalue weighted by Gasteiger charge is -2.38. The number of piperidine rings is 1. The highest BCUT2D eigenvalue weighted by Crippen LogP contribution is 2.17. The molecule has 0 aliphatic carbocycles. The summed E-state index contributed by atoms with van der Waals surface area (Å²) in [6.45, 7) is 6.50. The van der Waals surface area contributed by atoms with Crippen LogP contribution < -0.4 is 5.73 Å². The zero-order chi connectivity index (χ0) is 15.8. The minimum atomic E-state index is -0.211. The van der Waals surface area contributed by atoms with Gasteiger partial charge in [0.15, 0.2) is 0 Å². The fourth-order valence-corrected chi connectivity index (χ4v) is 2.99. The topological polar surface area (TPSA) is 58.8 Å². The van der Waals surface area contributed by atoms with Gasteiger partial charge in [0, 0.05) is 32.2 Å². The molecule has 1 aromatic rings. The third-order valence-electron chi connectivity index (χ3n) is 4.20. The van der Waals surface area contributed by atoms with Crippen molar-refractivity contribution in [3.05, 3.63) is 35.9 Å². The fourth-order valence-electron chi connectivity index (χ4n) is 2.99. The van der Waals surface area contributed by atoms with Crippen LogP contribution in [0.5, 0.6) is 0 Å². The molecule has 5 nitrogen and oxygen atoms in total. The summed E-state index contributed by atoms with van der Waals surface area (Å²) < 4.78 is 5.43. The third-order valence-corrected chi connectivity index (χ3v) is 4.20. The molecule has 2 N–H and O–H groups in total. The maximum absolute atomic E-state index is 12.2. The summed E-state index contributed by atoms with van der Waals surface area (Å²) in [6, 6.07) is 10.2. The third kappa shape index (κ3) is 4.71. The van der Waals surface area contributed by atoms with Gasteiger partial charge in [-0.15, -0.1) is 0 Å². The molecular weight excluding hydrogens is 278 g/mol. The second kappa shape index (κ2) is 8.76. The van der Waals surface area contributed by atoms with E-state index in [1.165, 1.54) is 0 Å². The molecule has 1 heterocycles. The van der Waals surface area contributed by atoms with Gasteiger partial charge in [-0.3, -0.25) is 4.90 Å². The van der Waals surface area contributed by atoms with Crippen molar-refractivity contribution in [2.45, 2.75) is 32.4 Å². The van der Waals surface area contributed by atoms with Gasteiger partial charge in [0.2, 0.25) is 0 Å². The van der Waals surface area contributed by atoms with Crippen LogP contribution in [0.15, 0.2) is 30.3 Å². The van der Waals surface area contributed by atoms with E-state index in [0.717, 1.165) is 44.6 Å². The average Bonchev–Trinajstić information content (AvgIpc) is 2.58. The van der Waals surface area contributed by atoms with Crippen LogP contribution in [0.1, 0.15) is 25.3 Å². The summed E-state index contributed by atoms with van der Waals surface area (Å²) in [4.78, 5) is 16.4. The lowest BCUT2D eigenvalue weighted by Crippen LogP contribution is -2.50. The van der Waals surface area contributed by atoms with Crippen molar-refractivity contribution < 1.29 is 9.53 Å². The first-order valence-corrected chi connectivity index (χ1v) is 8.14. The quantitative estimate of drug-likeness (QED) is 0.874. The molecule has 22 heavy (non-hydrogen) atoms. The normalized spacial score (nSPS) is 18.5. The van der Waals surface area contributed by atoms with Crippen LogP contribution in [0.3, 0.4) is 0 Å². The summed E-state index contributed by atoms with van der Waals surface area (Å²) in [6.07, 6.45) is 1.93. The van der Waals surface area contributed by atoms with Crippen LogP contribution >= 0.6 is 0 Å². The maximum atomic E-state index is 12.2. The van der Waals surface area contributed by atoms with E-state index in [1.54, 1.807) is 0 Å². The summed E-state index contributed by atoms with van der Waals surface area (Å²) in [5.74, 6) is 0. The minimum Gasteiger partial charge on any atom is -0.445 e. The van der Waals surface area contributed by atoms with Crippen LogP contribution in [0.4, 0.5) is 4.79 Å². The standard InChI is InChI=1S/C17H27N3O2/c1-2-19(12-10-18)16-9-6-11-20(13-16)17(21)22-14-15-7-4-3-5-8-15/h3-5,7-8,16H,2,6,9-14,18H2,1H3/t16-/m0/s1. The smallest absolute Gasteiger partial charge is 0.410 e. The van der Waals surface area contributed by atoms with Gasteiger partial charge in [-0.25, -0.2) is 4.79 Å². The minimum absolute atomic E-state index is 0.211. The molecule has 0 bridgehead atoms. The molecule has 122 valence electrons. The number of nitrogens with two attached hydrogens (primary N) is 1. The first kappa shape index (κ1) is 16.8. The largest absolute Gasteiger partial charge is 0.445 e. The van der Waals surface area contributed by atoms with Gasteiger partial charge in [0.1, 0.15) is 6.61 Å². The Hall–Kier alpha value is -1.59. The van der Waals surface area contributed by atoms with Crippen molar-refractivity contribution in [3.63, 3.8) is 0 Å². The van der Waals surface area contributed by atoms with Crippen LogP contribution in [-0.4, -0.2) is 54.7 Å². The number of likely N-dealkylation sites (N-methyl/N-ethyl adjacent to an activating group) is 1. The second-order valence-electron chi connectivity index (χ2n) is 5.70. The lowest BCUT2D eigenvalue weighted by atomic mass is 10.0. The first-order valence-electron chi connectivity index (χ1n) is 8.14. The molecule has 1 aromatic carbocycles. The molecule has 2 rings (SSSR count). The van der Waals surface area contributed by atoms with Gasteiger partial charge in [-0.1, -0.05) is 37.3 Å². The molecule has 0 saturated carbocycles. The van der Waals surface area contributed by atoms with E-state index in [-0.39, 0.29) is 6.09 Å². The number of nitrogens with zero attached hydrogens (tertiary/aromatic N) is 2. The van der Waals surface area contributed by atoms with Crippen LogP contribution in [0.2, 0.25) is 0 Å². The number of carbonyl (C=O) groups is 1. The fraction of sp³-hybridized carbons (Fsp3) is 0.588. The predicted octanol–water partition coefficient (Wildman–Crippen LogP) is 2.07. The number of hydrogen-bond acceptors (Lipinski definition) is 4. The first-order chi connectivity index (χ1) is 10.7. The highest BCUT2D eigenvalue weighted by atomic mass is 16.6. The van der Waals surface area contributed by atoms with Crippen LogP contribution in [0.25, 0.3) is 0 Å². The highest BCUT2D eigenvalue weighted by Gasteiger charge is 2.27. The van der Waals surface area contributed by atoms with Crippen molar-refractivity contribution in [3.8, 4) is 0 Å². The second-order valence-corrected chi connectivity index (χ2v) is 5.70. The Labute approximate surface area is 133 Å². The molecule has 5 heteroatoms. The summed E-state index contributed by atoms with van der Waals surface area (Å²) in [5, 5.41) is 0. The maximum Gasteiger partial charge on any atom is 0.410 e. The SMILES string of the molecule is CCN(CCN)[C@H]1CCCN(C(=O)OCc2ccccc2)C1. The Kier molecular flexibility index (Phi) is 6.68. The number of hydrogen-bond donors (Lipinski definition) is 1. The molecular formula is C17H27N3O2. The molecule has 1 aliphatic heterocycles.